The number of nitrogens with one attached hydrogen (secondary N) is 2. The third kappa shape index (κ3) is 6.40. The van der Waals surface area contributed by atoms with Gasteiger partial charge < -0.3 is 15.7 Å². The van der Waals surface area contributed by atoms with Gasteiger partial charge in [0.1, 0.15) is 6.04 Å². The zero-order valence-electron chi connectivity index (χ0n) is 12.6. The van der Waals surface area contributed by atoms with E-state index in [2.05, 4.69) is 10.6 Å². The van der Waals surface area contributed by atoms with Crippen molar-refractivity contribution in [3.8, 4) is 0 Å². The van der Waals surface area contributed by atoms with E-state index in [0.717, 1.165) is 12.8 Å². The Kier molecular flexibility index (Phi) is 7.46. The summed E-state index contributed by atoms with van der Waals surface area (Å²) in [6.45, 7) is 4.34. The first-order valence-electron chi connectivity index (χ1n) is 7.29. The van der Waals surface area contributed by atoms with Gasteiger partial charge in [0.2, 0.25) is 5.91 Å². The molecule has 3 N–H and O–H groups in total. The molecule has 0 fully saturated rings. The Morgan fingerprint density at radius 3 is 2.48 bits per heavy atom. The molecule has 1 rings (SSSR count). The standard InChI is InChI=1S/C16H24N2O3/c1-12(11-19)7-6-10-17-15(20)13(2)18-16(21)14-8-4-3-5-9-14/h3-5,8-9,12-13,19H,6-7,10-11H2,1-2H3,(H,17,20)(H,18,21). The van der Waals surface area contributed by atoms with Gasteiger partial charge in [-0.3, -0.25) is 9.59 Å². The molecule has 0 radical (unpaired) electrons. The van der Waals surface area contributed by atoms with Gasteiger partial charge in [-0.15, -0.1) is 0 Å². The lowest BCUT2D eigenvalue weighted by atomic mass is 10.1. The number of amides is 2. The average molecular weight is 292 g/mol. The molecule has 0 aliphatic carbocycles. The number of carbonyl (C=O) groups is 2. The number of rotatable bonds is 8. The first-order valence-corrected chi connectivity index (χ1v) is 7.29. The Morgan fingerprint density at radius 1 is 1.19 bits per heavy atom. The highest BCUT2D eigenvalue weighted by atomic mass is 16.3. The minimum atomic E-state index is -0.576. The van der Waals surface area contributed by atoms with Crippen molar-refractivity contribution < 1.29 is 14.7 Å². The smallest absolute Gasteiger partial charge is 0.251 e. The van der Waals surface area contributed by atoms with E-state index in [1.54, 1.807) is 31.2 Å². The van der Waals surface area contributed by atoms with Gasteiger partial charge >= 0.3 is 0 Å². The third-order valence-corrected chi connectivity index (χ3v) is 3.26. The van der Waals surface area contributed by atoms with Crippen LogP contribution in [0.5, 0.6) is 0 Å². The number of carbonyl (C=O) groups excluding carboxylic acids is 2. The van der Waals surface area contributed by atoms with Crippen LogP contribution in [0.4, 0.5) is 0 Å². The third-order valence-electron chi connectivity index (χ3n) is 3.26. The minimum absolute atomic E-state index is 0.164. The molecule has 0 aromatic heterocycles. The molecule has 2 atom stereocenters. The Bertz CT molecular complexity index is 448. The van der Waals surface area contributed by atoms with Crippen molar-refractivity contribution in [2.75, 3.05) is 13.2 Å². The van der Waals surface area contributed by atoms with Gasteiger partial charge in [0, 0.05) is 18.7 Å². The normalized spacial score (nSPS) is 13.3. The van der Waals surface area contributed by atoms with Gasteiger partial charge in [0.25, 0.3) is 5.91 Å². The highest BCUT2D eigenvalue weighted by molar-refractivity contribution is 5.97. The first-order chi connectivity index (χ1) is 10.0. The molecule has 0 saturated heterocycles. The predicted octanol–water partition coefficient (Wildman–Crippen LogP) is 1.33. The van der Waals surface area contributed by atoms with Gasteiger partial charge in [-0.05, 0) is 37.8 Å². The van der Waals surface area contributed by atoms with Crippen molar-refractivity contribution in [3.05, 3.63) is 35.9 Å². The fraction of sp³-hybridized carbons (Fsp3) is 0.500. The van der Waals surface area contributed by atoms with Gasteiger partial charge in [0.05, 0.1) is 0 Å². The lowest BCUT2D eigenvalue weighted by molar-refractivity contribution is -0.122. The van der Waals surface area contributed by atoms with Crippen LogP contribution >= 0.6 is 0 Å². The van der Waals surface area contributed by atoms with Crippen LogP contribution in [-0.4, -0.2) is 36.1 Å². The van der Waals surface area contributed by atoms with Gasteiger partial charge in [0.15, 0.2) is 0 Å². The number of benzene rings is 1. The van der Waals surface area contributed by atoms with E-state index >= 15 is 0 Å². The first kappa shape index (κ1) is 17.2. The zero-order valence-corrected chi connectivity index (χ0v) is 12.6. The van der Waals surface area contributed by atoms with E-state index in [-0.39, 0.29) is 24.3 Å². The van der Waals surface area contributed by atoms with Crippen LogP contribution in [0.2, 0.25) is 0 Å². The molecule has 2 amide bonds. The van der Waals surface area contributed by atoms with Crippen LogP contribution in [0, 0.1) is 5.92 Å². The van der Waals surface area contributed by atoms with Gasteiger partial charge in [-0.2, -0.15) is 0 Å². The summed E-state index contributed by atoms with van der Waals surface area (Å²) in [7, 11) is 0. The number of hydrogen-bond acceptors (Lipinski definition) is 3. The van der Waals surface area contributed by atoms with Gasteiger partial charge in [-0.1, -0.05) is 25.1 Å². The van der Waals surface area contributed by atoms with Crippen molar-refractivity contribution in [2.45, 2.75) is 32.7 Å². The van der Waals surface area contributed by atoms with E-state index in [1.165, 1.54) is 0 Å². The quantitative estimate of drug-likeness (QED) is 0.633. The maximum absolute atomic E-state index is 11.9. The minimum Gasteiger partial charge on any atom is -0.396 e. The summed E-state index contributed by atoms with van der Waals surface area (Å²) in [6, 6.07) is 8.23. The molecular formula is C16H24N2O3. The maximum atomic E-state index is 11.9. The summed E-state index contributed by atoms with van der Waals surface area (Å²) >= 11 is 0. The molecule has 5 nitrogen and oxygen atoms in total. The molecule has 21 heavy (non-hydrogen) atoms. The molecular weight excluding hydrogens is 268 g/mol. The summed E-state index contributed by atoms with van der Waals surface area (Å²) in [5.41, 5.74) is 0.536. The molecule has 0 spiro atoms. The number of aliphatic hydroxyl groups excluding tert-OH is 1. The second kappa shape index (κ2) is 9.13. The summed E-state index contributed by atoms with van der Waals surface area (Å²) < 4.78 is 0. The molecule has 0 bridgehead atoms. The van der Waals surface area contributed by atoms with E-state index < -0.39 is 6.04 Å². The molecule has 0 heterocycles. The van der Waals surface area contributed by atoms with Crippen molar-refractivity contribution in [3.63, 3.8) is 0 Å². The molecule has 0 aliphatic heterocycles. The molecule has 0 saturated carbocycles. The predicted molar refractivity (Wildman–Crippen MR) is 81.9 cm³/mol. The summed E-state index contributed by atoms with van der Waals surface area (Å²) in [4.78, 5) is 23.7. The van der Waals surface area contributed by atoms with E-state index in [1.807, 2.05) is 13.0 Å². The molecule has 0 aliphatic rings. The second-order valence-electron chi connectivity index (χ2n) is 5.28. The van der Waals surface area contributed by atoms with Crippen molar-refractivity contribution in [2.24, 2.45) is 5.92 Å². The van der Waals surface area contributed by atoms with Crippen LogP contribution in [0.3, 0.4) is 0 Å². The van der Waals surface area contributed by atoms with Gasteiger partial charge in [-0.25, -0.2) is 0 Å². The molecule has 2 unspecified atom stereocenters. The van der Waals surface area contributed by atoms with Crippen LogP contribution in [-0.2, 0) is 4.79 Å². The van der Waals surface area contributed by atoms with Crippen molar-refractivity contribution >= 4 is 11.8 Å². The Morgan fingerprint density at radius 2 is 1.86 bits per heavy atom. The largest absolute Gasteiger partial charge is 0.396 e. The Hall–Kier alpha value is -1.88. The molecule has 116 valence electrons. The molecule has 1 aromatic rings. The molecule has 1 aromatic carbocycles. The highest BCUT2D eigenvalue weighted by Crippen LogP contribution is 2.03. The Labute approximate surface area is 125 Å². The summed E-state index contributed by atoms with van der Waals surface area (Å²) in [5, 5.41) is 14.4. The fourth-order valence-corrected chi connectivity index (χ4v) is 1.84. The van der Waals surface area contributed by atoms with Crippen molar-refractivity contribution in [1.82, 2.24) is 10.6 Å². The Balaban J connectivity index is 2.29. The van der Waals surface area contributed by atoms with E-state index in [9.17, 15) is 9.59 Å². The highest BCUT2D eigenvalue weighted by Gasteiger charge is 2.15. The van der Waals surface area contributed by atoms with Crippen LogP contribution < -0.4 is 10.6 Å². The number of hydrogen-bond donors (Lipinski definition) is 3. The van der Waals surface area contributed by atoms with Crippen molar-refractivity contribution in [1.29, 1.82) is 0 Å². The van der Waals surface area contributed by atoms with E-state index in [0.29, 0.717) is 12.1 Å². The monoisotopic (exact) mass is 292 g/mol. The van der Waals surface area contributed by atoms with Crippen LogP contribution in [0.1, 0.15) is 37.0 Å². The summed E-state index contributed by atoms with van der Waals surface area (Å²) in [6.07, 6.45) is 1.67. The maximum Gasteiger partial charge on any atom is 0.251 e. The van der Waals surface area contributed by atoms with E-state index in [4.69, 9.17) is 5.11 Å². The fourth-order valence-electron chi connectivity index (χ4n) is 1.84. The lowest BCUT2D eigenvalue weighted by Crippen LogP contribution is -2.45. The average Bonchev–Trinajstić information content (AvgIpc) is 2.51. The number of aliphatic hydroxyl groups is 1. The zero-order chi connectivity index (χ0) is 15.7. The topological polar surface area (TPSA) is 78.4 Å². The van der Waals surface area contributed by atoms with Crippen LogP contribution in [0.25, 0.3) is 0 Å². The lowest BCUT2D eigenvalue weighted by Gasteiger charge is -2.14. The van der Waals surface area contributed by atoms with Crippen LogP contribution in [0.15, 0.2) is 30.3 Å². The molecule has 5 heteroatoms. The second-order valence-corrected chi connectivity index (χ2v) is 5.28. The summed E-state index contributed by atoms with van der Waals surface area (Å²) in [5.74, 6) is -0.208. The SMILES string of the molecule is CC(CO)CCCNC(=O)C(C)NC(=O)c1ccccc1.